The van der Waals surface area contributed by atoms with Crippen molar-refractivity contribution < 1.29 is 0 Å². The van der Waals surface area contributed by atoms with Crippen LogP contribution in [0.15, 0.2) is 12.4 Å². The van der Waals surface area contributed by atoms with E-state index in [4.69, 9.17) is 0 Å². The predicted molar refractivity (Wildman–Crippen MR) is 74.7 cm³/mol. The zero-order valence-electron chi connectivity index (χ0n) is 11.5. The molecule has 1 N–H and O–H groups in total. The van der Waals surface area contributed by atoms with E-state index in [2.05, 4.69) is 34.0 Å². The zero-order valence-corrected chi connectivity index (χ0v) is 11.5. The molecule has 0 saturated heterocycles. The molecule has 0 atom stereocenters. The van der Waals surface area contributed by atoms with Gasteiger partial charge in [-0.15, -0.1) is 0 Å². The molecule has 18 heavy (non-hydrogen) atoms. The first-order valence-corrected chi connectivity index (χ1v) is 7.13. The van der Waals surface area contributed by atoms with Crippen molar-refractivity contribution in [1.82, 2.24) is 15.3 Å². The van der Waals surface area contributed by atoms with Crippen LogP contribution >= 0.6 is 0 Å². The molecule has 0 amide bonds. The van der Waals surface area contributed by atoms with Crippen LogP contribution in [-0.2, 0) is 6.54 Å². The van der Waals surface area contributed by atoms with E-state index in [9.17, 15) is 0 Å². The number of hydrogen-bond donors (Lipinski definition) is 1. The van der Waals surface area contributed by atoms with Crippen LogP contribution in [-0.4, -0.2) is 29.1 Å². The Morgan fingerprint density at radius 1 is 1.22 bits per heavy atom. The predicted octanol–water partition coefficient (Wildman–Crippen LogP) is 2.36. The van der Waals surface area contributed by atoms with Crippen LogP contribution in [0.2, 0.25) is 0 Å². The summed E-state index contributed by atoms with van der Waals surface area (Å²) in [6.45, 7) is 7.36. The van der Waals surface area contributed by atoms with E-state index in [1.54, 1.807) is 0 Å². The third-order valence-corrected chi connectivity index (χ3v) is 3.16. The molecule has 1 aliphatic carbocycles. The molecule has 1 saturated carbocycles. The molecule has 1 fully saturated rings. The molecule has 2 rings (SSSR count). The number of anilines is 1. The van der Waals surface area contributed by atoms with Gasteiger partial charge < -0.3 is 10.2 Å². The number of rotatable bonds is 8. The molecular weight excluding hydrogens is 224 g/mol. The summed E-state index contributed by atoms with van der Waals surface area (Å²) in [7, 11) is 0. The largest absolute Gasteiger partial charge is 0.338 e. The van der Waals surface area contributed by atoms with Crippen LogP contribution in [0.3, 0.4) is 0 Å². The van der Waals surface area contributed by atoms with Gasteiger partial charge >= 0.3 is 0 Å². The first kappa shape index (κ1) is 13.3. The molecule has 100 valence electrons. The Labute approximate surface area is 110 Å². The number of nitrogens with zero attached hydrogens (tertiary/aromatic N) is 3. The van der Waals surface area contributed by atoms with Gasteiger partial charge in [-0.1, -0.05) is 13.8 Å². The lowest BCUT2D eigenvalue weighted by Crippen LogP contribution is -2.28. The van der Waals surface area contributed by atoms with Crippen molar-refractivity contribution in [2.75, 3.05) is 18.0 Å². The van der Waals surface area contributed by atoms with Crippen LogP contribution < -0.4 is 10.2 Å². The minimum Gasteiger partial charge on any atom is -0.338 e. The molecule has 0 radical (unpaired) electrons. The van der Waals surface area contributed by atoms with Gasteiger partial charge in [0.1, 0.15) is 0 Å². The summed E-state index contributed by atoms with van der Waals surface area (Å²) in [5.41, 5.74) is 1.17. The second kappa shape index (κ2) is 6.69. The molecule has 0 aliphatic heterocycles. The molecule has 0 unspecified atom stereocenters. The van der Waals surface area contributed by atoms with Crippen LogP contribution in [0.25, 0.3) is 0 Å². The maximum atomic E-state index is 4.51. The van der Waals surface area contributed by atoms with E-state index in [1.165, 1.54) is 18.4 Å². The second-order valence-corrected chi connectivity index (χ2v) is 4.99. The molecule has 1 aliphatic rings. The van der Waals surface area contributed by atoms with Crippen molar-refractivity contribution in [3.05, 3.63) is 18.0 Å². The van der Waals surface area contributed by atoms with Gasteiger partial charge in [0, 0.05) is 37.1 Å². The van der Waals surface area contributed by atoms with Crippen molar-refractivity contribution in [3.8, 4) is 0 Å². The van der Waals surface area contributed by atoms with Crippen molar-refractivity contribution in [1.29, 1.82) is 0 Å². The number of hydrogen-bond acceptors (Lipinski definition) is 4. The van der Waals surface area contributed by atoms with E-state index in [-0.39, 0.29) is 0 Å². The van der Waals surface area contributed by atoms with E-state index in [0.717, 1.165) is 38.4 Å². The molecular formula is C14H24N4. The first-order valence-electron chi connectivity index (χ1n) is 7.13. The Hall–Kier alpha value is -1.16. The van der Waals surface area contributed by atoms with Crippen molar-refractivity contribution >= 4 is 5.95 Å². The lowest BCUT2D eigenvalue weighted by atomic mass is 10.3. The molecule has 1 heterocycles. The van der Waals surface area contributed by atoms with Gasteiger partial charge in [0.15, 0.2) is 0 Å². The summed E-state index contributed by atoms with van der Waals surface area (Å²) in [6, 6.07) is 0.689. The fraction of sp³-hybridized carbons (Fsp3) is 0.714. The van der Waals surface area contributed by atoms with Crippen molar-refractivity contribution in [2.24, 2.45) is 0 Å². The Bertz CT molecular complexity index is 345. The smallest absolute Gasteiger partial charge is 0.225 e. The van der Waals surface area contributed by atoms with Gasteiger partial charge in [-0.25, -0.2) is 9.97 Å². The maximum Gasteiger partial charge on any atom is 0.225 e. The molecule has 0 spiro atoms. The summed E-state index contributed by atoms with van der Waals surface area (Å²) in [5.74, 6) is 0.901. The average molecular weight is 248 g/mol. The third-order valence-electron chi connectivity index (χ3n) is 3.16. The van der Waals surface area contributed by atoms with E-state index in [0.29, 0.717) is 6.04 Å². The van der Waals surface area contributed by atoms with Crippen molar-refractivity contribution in [3.63, 3.8) is 0 Å². The Morgan fingerprint density at radius 3 is 2.50 bits per heavy atom. The molecule has 1 aromatic rings. The van der Waals surface area contributed by atoms with Gasteiger partial charge in [0.2, 0.25) is 5.95 Å². The fourth-order valence-corrected chi connectivity index (χ4v) is 2.07. The maximum absolute atomic E-state index is 4.51. The van der Waals surface area contributed by atoms with Crippen LogP contribution in [0, 0.1) is 0 Å². The summed E-state index contributed by atoms with van der Waals surface area (Å²) >= 11 is 0. The standard InChI is InChI=1S/C14H24N4/c1-3-7-15-9-12-10-16-14(17-11-12)18(8-4-2)13-5-6-13/h10-11,13,15H,3-9H2,1-2H3. The van der Waals surface area contributed by atoms with Crippen LogP contribution in [0.1, 0.15) is 45.1 Å². The Balaban J connectivity index is 1.92. The van der Waals surface area contributed by atoms with Crippen LogP contribution in [0.5, 0.6) is 0 Å². The highest BCUT2D eigenvalue weighted by Crippen LogP contribution is 2.29. The SMILES string of the molecule is CCCNCc1cnc(N(CCC)C2CC2)nc1. The lowest BCUT2D eigenvalue weighted by molar-refractivity contribution is 0.669. The molecule has 0 bridgehead atoms. The minimum absolute atomic E-state index is 0.689. The Morgan fingerprint density at radius 2 is 1.94 bits per heavy atom. The average Bonchev–Trinajstić information content (AvgIpc) is 3.22. The highest BCUT2D eigenvalue weighted by Gasteiger charge is 2.29. The van der Waals surface area contributed by atoms with Crippen molar-refractivity contribution in [2.45, 2.75) is 52.1 Å². The summed E-state index contributed by atoms with van der Waals surface area (Å²) < 4.78 is 0. The molecule has 0 aromatic carbocycles. The Kier molecular flexibility index (Phi) is 4.93. The summed E-state index contributed by atoms with van der Waals surface area (Å²) in [6.07, 6.45) is 8.81. The van der Waals surface area contributed by atoms with Gasteiger partial charge in [-0.3, -0.25) is 0 Å². The van der Waals surface area contributed by atoms with E-state index in [1.807, 2.05) is 12.4 Å². The molecule has 4 heteroatoms. The highest BCUT2D eigenvalue weighted by molar-refractivity contribution is 5.33. The minimum atomic E-state index is 0.689. The molecule has 1 aromatic heterocycles. The number of aromatic nitrogens is 2. The third kappa shape index (κ3) is 3.67. The van der Waals surface area contributed by atoms with Gasteiger partial charge in [-0.2, -0.15) is 0 Å². The quantitative estimate of drug-likeness (QED) is 0.717. The highest BCUT2D eigenvalue weighted by atomic mass is 15.3. The lowest BCUT2D eigenvalue weighted by Gasteiger charge is -2.21. The zero-order chi connectivity index (χ0) is 12.8. The fourth-order valence-electron chi connectivity index (χ4n) is 2.07. The first-order chi connectivity index (χ1) is 8.85. The van der Waals surface area contributed by atoms with Gasteiger partial charge in [0.05, 0.1) is 0 Å². The van der Waals surface area contributed by atoms with Gasteiger partial charge in [0.25, 0.3) is 0 Å². The van der Waals surface area contributed by atoms with E-state index >= 15 is 0 Å². The topological polar surface area (TPSA) is 41.1 Å². The summed E-state index contributed by atoms with van der Waals surface area (Å²) in [4.78, 5) is 11.4. The summed E-state index contributed by atoms with van der Waals surface area (Å²) in [5, 5.41) is 3.37. The molecule has 4 nitrogen and oxygen atoms in total. The van der Waals surface area contributed by atoms with Gasteiger partial charge in [-0.05, 0) is 32.2 Å². The second-order valence-electron chi connectivity index (χ2n) is 4.99. The monoisotopic (exact) mass is 248 g/mol. The van der Waals surface area contributed by atoms with E-state index < -0.39 is 0 Å². The normalized spacial score (nSPS) is 14.8. The van der Waals surface area contributed by atoms with Crippen LogP contribution in [0.4, 0.5) is 5.95 Å². The number of nitrogens with one attached hydrogen (secondary N) is 1.